The predicted octanol–water partition coefficient (Wildman–Crippen LogP) is 0.968. The van der Waals surface area contributed by atoms with E-state index < -0.39 is 9.84 Å². The third kappa shape index (κ3) is 3.49. The molecule has 2 heterocycles. The zero-order valence-corrected chi connectivity index (χ0v) is 13.1. The maximum Gasteiger partial charge on any atom is 0.150 e. The van der Waals surface area contributed by atoms with Crippen LogP contribution in [0, 0.1) is 0 Å². The zero-order valence-electron chi connectivity index (χ0n) is 12.2. The predicted molar refractivity (Wildman–Crippen MR) is 86.3 cm³/mol. The molecule has 2 aliphatic heterocycles. The van der Waals surface area contributed by atoms with Crippen LogP contribution in [-0.4, -0.2) is 57.0 Å². The van der Waals surface area contributed by atoms with E-state index in [1.54, 1.807) is 0 Å². The van der Waals surface area contributed by atoms with Crippen LogP contribution in [0.4, 0.5) is 11.4 Å². The third-order valence-corrected chi connectivity index (χ3v) is 6.33. The van der Waals surface area contributed by atoms with Crippen LogP contribution in [0.15, 0.2) is 24.3 Å². The van der Waals surface area contributed by atoms with Gasteiger partial charge in [-0.1, -0.05) is 0 Å². The lowest BCUT2D eigenvalue weighted by molar-refractivity contribution is 0.173. The Hall–Kier alpha value is -1.27. The van der Waals surface area contributed by atoms with Crippen molar-refractivity contribution in [1.29, 1.82) is 0 Å². The molecule has 0 saturated carbocycles. The van der Waals surface area contributed by atoms with Gasteiger partial charge < -0.3 is 10.6 Å². The summed E-state index contributed by atoms with van der Waals surface area (Å²) in [4.78, 5) is 4.83. The standard InChI is InChI=1S/C15H23N3O2S/c16-13-1-3-14(4-2-13)17-7-9-18(10-8-17)15-5-11-21(19,20)12-6-15/h1-4,15H,5-12,16H2. The Morgan fingerprint density at radius 2 is 1.52 bits per heavy atom. The molecule has 0 amide bonds. The van der Waals surface area contributed by atoms with Crippen molar-refractivity contribution in [2.75, 3.05) is 48.3 Å². The maximum atomic E-state index is 11.5. The van der Waals surface area contributed by atoms with Crippen LogP contribution in [0.3, 0.4) is 0 Å². The first-order valence-corrected chi connectivity index (χ1v) is 9.41. The largest absolute Gasteiger partial charge is 0.399 e. The number of anilines is 2. The number of nitrogen functional groups attached to an aromatic ring is 1. The van der Waals surface area contributed by atoms with Gasteiger partial charge >= 0.3 is 0 Å². The van der Waals surface area contributed by atoms with E-state index in [2.05, 4.69) is 21.9 Å². The average molecular weight is 309 g/mol. The van der Waals surface area contributed by atoms with Crippen LogP contribution in [0.1, 0.15) is 12.8 Å². The Labute approximate surface area is 126 Å². The summed E-state index contributed by atoms with van der Waals surface area (Å²) in [5.41, 5.74) is 7.73. The van der Waals surface area contributed by atoms with Gasteiger partial charge in [-0.05, 0) is 37.1 Å². The highest BCUT2D eigenvalue weighted by atomic mass is 32.2. The molecule has 5 nitrogen and oxygen atoms in total. The van der Waals surface area contributed by atoms with Crippen LogP contribution in [0.25, 0.3) is 0 Å². The summed E-state index contributed by atoms with van der Waals surface area (Å²) >= 11 is 0. The fourth-order valence-corrected chi connectivity index (χ4v) is 4.74. The molecule has 0 radical (unpaired) electrons. The number of piperazine rings is 1. The molecule has 2 saturated heterocycles. The molecule has 6 heteroatoms. The van der Waals surface area contributed by atoms with Gasteiger partial charge in [0.1, 0.15) is 9.84 Å². The Morgan fingerprint density at radius 1 is 0.952 bits per heavy atom. The van der Waals surface area contributed by atoms with Gasteiger partial charge in [0.2, 0.25) is 0 Å². The summed E-state index contributed by atoms with van der Waals surface area (Å²) in [5, 5.41) is 0. The minimum absolute atomic E-state index is 0.357. The second-order valence-electron chi connectivity index (χ2n) is 6.00. The van der Waals surface area contributed by atoms with Crippen LogP contribution < -0.4 is 10.6 Å². The van der Waals surface area contributed by atoms with Crippen molar-refractivity contribution in [3.63, 3.8) is 0 Å². The van der Waals surface area contributed by atoms with E-state index in [1.807, 2.05) is 12.1 Å². The maximum absolute atomic E-state index is 11.5. The second-order valence-corrected chi connectivity index (χ2v) is 8.30. The van der Waals surface area contributed by atoms with Crippen LogP contribution in [0.5, 0.6) is 0 Å². The third-order valence-electron chi connectivity index (χ3n) is 4.61. The molecular formula is C15H23N3O2S. The smallest absolute Gasteiger partial charge is 0.150 e. The molecule has 1 aromatic rings. The van der Waals surface area contributed by atoms with E-state index in [-0.39, 0.29) is 0 Å². The van der Waals surface area contributed by atoms with Crippen molar-refractivity contribution in [2.45, 2.75) is 18.9 Å². The Kier molecular flexibility index (Phi) is 4.08. The van der Waals surface area contributed by atoms with Gasteiger partial charge in [-0.2, -0.15) is 0 Å². The molecule has 0 aromatic heterocycles. The fraction of sp³-hybridized carbons (Fsp3) is 0.600. The summed E-state index contributed by atoms with van der Waals surface area (Å²) in [7, 11) is -2.76. The summed E-state index contributed by atoms with van der Waals surface area (Å²) < 4.78 is 23.0. The number of benzene rings is 1. The van der Waals surface area contributed by atoms with Crippen molar-refractivity contribution in [3.8, 4) is 0 Å². The second kappa shape index (κ2) is 5.85. The van der Waals surface area contributed by atoms with Crippen molar-refractivity contribution in [2.24, 2.45) is 0 Å². The molecule has 1 aromatic carbocycles. The first kappa shape index (κ1) is 14.7. The van der Waals surface area contributed by atoms with E-state index >= 15 is 0 Å². The molecule has 21 heavy (non-hydrogen) atoms. The van der Waals surface area contributed by atoms with Crippen molar-refractivity contribution >= 4 is 21.2 Å². The molecular weight excluding hydrogens is 286 g/mol. The van der Waals surface area contributed by atoms with E-state index in [9.17, 15) is 8.42 Å². The first-order valence-electron chi connectivity index (χ1n) is 7.58. The molecule has 2 fully saturated rings. The van der Waals surface area contributed by atoms with Crippen LogP contribution in [0.2, 0.25) is 0 Å². The molecule has 116 valence electrons. The van der Waals surface area contributed by atoms with Gasteiger partial charge in [0.25, 0.3) is 0 Å². The van der Waals surface area contributed by atoms with Gasteiger partial charge in [-0.15, -0.1) is 0 Å². The molecule has 3 rings (SSSR count). The molecule has 0 spiro atoms. The molecule has 2 aliphatic rings. The zero-order chi connectivity index (χ0) is 14.9. The van der Waals surface area contributed by atoms with Gasteiger partial charge in [-0.3, -0.25) is 4.90 Å². The van der Waals surface area contributed by atoms with E-state index in [1.165, 1.54) is 5.69 Å². The first-order chi connectivity index (χ1) is 10.0. The Balaban J connectivity index is 1.54. The summed E-state index contributed by atoms with van der Waals surface area (Å²) in [5.74, 6) is 0.714. The van der Waals surface area contributed by atoms with Gasteiger partial charge in [0.05, 0.1) is 11.5 Å². The number of nitrogens with zero attached hydrogens (tertiary/aromatic N) is 2. The quantitative estimate of drug-likeness (QED) is 0.825. The average Bonchev–Trinajstić information content (AvgIpc) is 2.48. The topological polar surface area (TPSA) is 66.6 Å². The highest BCUT2D eigenvalue weighted by Crippen LogP contribution is 2.22. The number of nitrogens with two attached hydrogens (primary N) is 1. The van der Waals surface area contributed by atoms with E-state index in [0.717, 1.165) is 44.7 Å². The SMILES string of the molecule is Nc1ccc(N2CCN(C3CCS(=O)(=O)CC3)CC2)cc1. The minimum atomic E-state index is -2.76. The molecule has 0 atom stereocenters. The van der Waals surface area contributed by atoms with Crippen LogP contribution in [-0.2, 0) is 9.84 Å². The van der Waals surface area contributed by atoms with E-state index in [0.29, 0.717) is 17.5 Å². The molecule has 0 aliphatic carbocycles. The molecule has 0 bridgehead atoms. The van der Waals surface area contributed by atoms with Crippen molar-refractivity contribution in [1.82, 2.24) is 4.90 Å². The summed E-state index contributed by atoms with van der Waals surface area (Å²) in [6.45, 7) is 4.00. The van der Waals surface area contributed by atoms with Gasteiger partial charge in [0.15, 0.2) is 0 Å². The number of hydrogen-bond acceptors (Lipinski definition) is 5. The lowest BCUT2D eigenvalue weighted by Crippen LogP contribution is -2.52. The molecule has 0 unspecified atom stereocenters. The van der Waals surface area contributed by atoms with Gasteiger partial charge in [0, 0.05) is 43.6 Å². The summed E-state index contributed by atoms with van der Waals surface area (Å²) in [6.07, 6.45) is 1.59. The number of sulfone groups is 1. The van der Waals surface area contributed by atoms with Gasteiger partial charge in [-0.25, -0.2) is 8.42 Å². The minimum Gasteiger partial charge on any atom is -0.399 e. The lowest BCUT2D eigenvalue weighted by atomic mass is 10.1. The highest BCUT2D eigenvalue weighted by Gasteiger charge is 2.29. The highest BCUT2D eigenvalue weighted by molar-refractivity contribution is 7.91. The monoisotopic (exact) mass is 309 g/mol. The normalized spacial score (nSPS) is 24.1. The van der Waals surface area contributed by atoms with Crippen molar-refractivity contribution < 1.29 is 8.42 Å². The molecule has 2 N–H and O–H groups in total. The lowest BCUT2D eigenvalue weighted by Gasteiger charge is -2.41. The number of rotatable bonds is 2. The summed E-state index contributed by atoms with van der Waals surface area (Å²) in [6, 6.07) is 8.46. The fourth-order valence-electron chi connectivity index (χ4n) is 3.27. The van der Waals surface area contributed by atoms with E-state index in [4.69, 9.17) is 5.73 Å². The van der Waals surface area contributed by atoms with Crippen LogP contribution >= 0.6 is 0 Å². The number of hydrogen-bond donors (Lipinski definition) is 1. The van der Waals surface area contributed by atoms with Crippen molar-refractivity contribution in [3.05, 3.63) is 24.3 Å². The Morgan fingerprint density at radius 3 is 2.10 bits per heavy atom. The Bertz CT molecular complexity index is 563.